The number of aromatic nitrogens is 1. The van der Waals surface area contributed by atoms with Crippen LogP contribution in [0.2, 0.25) is 0 Å². The third kappa shape index (κ3) is 5.24. The molecular formula is C13H22N2O. The fourth-order valence-corrected chi connectivity index (χ4v) is 1.22. The van der Waals surface area contributed by atoms with Gasteiger partial charge in [0, 0.05) is 24.9 Å². The minimum atomic E-state index is 0.143. The summed E-state index contributed by atoms with van der Waals surface area (Å²) < 4.78 is 5.30. The molecule has 0 amide bonds. The Morgan fingerprint density at radius 3 is 2.56 bits per heavy atom. The van der Waals surface area contributed by atoms with Gasteiger partial charge >= 0.3 is 0 Å². The Morgan fingerprint density at radius 2 is 2.06 bits per heavy atom. The predicted molar refractivity (Wildman–Crippen MR) is 66.2 cm³/mol. The maximum Gasteiger partial charge on any atom is 0.0887 e. The van der Waals surface area contributed by atoms with E-state index in [0.29, 0.717) is 6.61 Å². The molecule has 16 heavy (non-hydrogen) atoms. The van der Waals surface area contributed by atoms with Crippen molar-refractivity contribution < 1.29 is 4.74 Å². The van der Waals surface area contributed by atoms with Gasteiger partial charge in [0.05, 0.1) is 12.3 Å². The summed E-state index contributed by atoms with van der Waals surface area (Å²) in [4.78, 5) is 4.35. The first-order valence-corrected chi connectivity index (χ1v) is 5.78. The third-order valence-electron chi connectivity index (χ3n) is 2.16. The van der Waals surface area contributed by atoms with Gasteiger partial charge < -0.3 is 10.1 Å². The third-order valence-corrected chi connectivity index (χ3v) is 2.16. The van der Waals surface area contributed by atoms with E-state index in [-0.39, 0.29) is 5.54 Å². The molecule has 0 saturated heterocycles. The summed E-state index contributed by atoms with van der Waals surface area (Å²) in [5, 5.41) is 3.43. The molecule has 0 radical (unpaired) electrons. The molecule has 0 aliphatic rings. The number of nitrogens with one attached hydrogen (secondary N) is 1. The van der Waals surface area contributed by atoms with Crippen molar-refractivity contribution in [3.63, 3.8) is 0 Å². The number of ether oxygens (including phenoxy) is 1. The molecule has 90 valence electrons. The van der Waals surface area contributed by atoms with Crippen molar-refractivity contribution in [2.45, 2.75) is 46.4 Å². The highest BCUT2D eigenvalue weighted by Crippen LogP contribution is 2.05. The van der Waals surface area contributed by atoms with Crippen molar-refractivity contribution in [1.29, 1.82) is 0 Å². The van der Waals surface area contributed by atoms with Crippen LogP contribution < -0.4 is 5.32 Å². The Bertz CT molecular complexity index is 301. The first-order chi connectivity index (χ1) is 7.51. The SMILES string of the molecule is CCOCc1ccc(CNC(C)(C)C)cn1. The lowest BCUT2D eigenvalue weighted by Crippen LogP contribution is -2.35. The quantitative estimate of drug-likeness (QED) is 0.831. The van der Waals surface area contributed by atoms with Crippen LogP contribution in [0.5, 0.6) is 0 Å². The molecule has 1 heterocycles. The monoisotopic (exact) mass is 222 g/mol. The molecule has 3 nitrogen and oxygen atoms in total. The van der Waals surface area contributed by atoms with Crippen LogP contribution in [-0.4, -0.2) is 17.1 Å². The van der Waals surface area contributed by atoms with Gasteiger partial charge in [-0.15, -0.1) is 0 Å². The molecule has 0 aromatic carbocycles. The van der Waals surface area contributed by atoms with Gasteiger partial charge in [-0.1, -0.05) is 6.07 Å². The first kappa shape index (κ1) is 13.1. The second kappa shape index (κ2) is 5.97. The summed E-state index contributed by atoms with van der Waals surface area (Å²) in [5.41, 5.74) is 2.33. The van der Waals surface area contributed by atoms with E-state index in [9.17, 15) is 0 Å². The summed E-state index contributed by atoms with van der Waals surface area (Å²) in [6.07, 6.45) is 1.91. The van der Waals surface area contributed by atoms with E-state index in [0.717, 1.165) is 18.8 Å². The van der Waals surface area contributed by atoms with Gasteiger partial charge in [0.15, 0.2) is 0 Å². The summed E-state index contributed by atoms with van der Waals surface area (Å²) in [7, 11) is 0. The van der Waals surface area contributed by atoms with Crippen molar-refractivity contribution in [2.75, 3.05) is 6.61 Å². The van der Waals surface area contributed by atoms with Crippen LogP contribution in [-0.2, 0) is 17.9 Å². The molecule has 0 fully saturated rings. The Kier molecular flexibility index (Phi) is 4.90. The highest BCUT2D eigenvalue weighted by molar-refractivity contribution is 5.13. The van der Waals surface area contributed by atoms with Crippen molar-refractivity contribution in [2.24, 2.45) is 0 Å². The van der Waals surface area contributed by atoms with E-state index in [1.807, 2.05) is 19.2 Å². The van der Waals surface area contributed by atoms with Crippen LogP contribution in [0.4, 0.5) is 0 Å². The van der Waals surface area contributed by atoms with Crippen LogP contribution in [0.25, 0.3) is 0 Å². The average Bonchev–Trinajstić information content (AvgIpc) is 2.24. The molecule has 3 heteroatoms. The van der Waals surface area contributed by atoms with Gasteiger partial charge in [0.1, 0.15) is 0 Å². The van der Waals surface area contributed by atoms with E-state index in [2.05, 4.69) is 37.1 Å². The van der Waals surface area contributed by atoms with Gasteiger partial charge in [-0.25, -0.2) is 0 Å². The van der Waals surface area contributed by atoms with Crippen LogP contribution in [0, 0.1) is 0 Å². The van der Waals surface area contributed by atoms with Crippen molar-refractivity contribution in [3.05, 3.63) is 29.6 Å². The van der Waals surface area contributed by atoms with Gasteiger partial charge in [-0.3, -0.25) is 4.98 Å². The first-order valence-electron chi connectivity index (χ1n) is 5.78. The van der Waals surface area contributed by atoms with Crippen LogP contribution >= 0.6 is 0 Å². The molecule has 0 saturated carbocycles. The molecular weight excluding hydrogens is 200 g/mol. The summed E-state index contributed by atoms with van der Waals surface area (Å²) in [6, 6.07) is 4.12. The second-order valence-electron chi connectivity index (χ2n) is 4.90. The predicted octanol–water partition coefficient (Wildman–Crippen LogP) is 2.51. The largest absolute Gasteiger partial charge is 0.375 e. The Hall–Kier alpha value is -0.930. The highest BCUT2D eigenvalue weighted by atomic mass is 16.5. The van der Waals surface area contributed by atoms with Crippen LogP contribution in [0.1, 0.15) is 39.0 Å². The highest BCUT2D eigenvalue weighted by Gasteiger charge is 2.08. The van der Waals surface area contributed by atoms with Gasteiger partial charge in [0.2, 0.25) is 0 Å². The normalized spacial score (nSPS) is 11.8. The molecule has 0 atom stereocenters. The smallest absolute Gasteiger partial charge is 0.0887 e. The maximum atomic E-state index is 5.30. The zero-order valence-electron chi connectivity index (χ0n) is 10.7. The zero-order chi connectivity index (χ0) is 12.0. The molecule has 0 spiro atoms. The molecule has 1 aromatic heterocycles. The van der Waals surface area contributed by atoms with Gasteiger partial charge in [0.25, 0.3) is 0 Å². The summed E-state index contributed by atoms with van der Waals surface area (Å²) in [5.74, 6) is 0. The van der Waals surface area contributed by atoms with Crippen molar-refractivity contribution in [3.8, 4) is 0 Å². The Morgan fingerprint density at radius 1 is 1.31 bits per heavy atom. The number of pyridine rings is 1. The maximum absolute atomic E-state index is 5.30. The molecule has 0 aliphatic carbocycles. The van der Waals surface area contributed by atoms with E-state index >= 15 is 0 Å². The molecule has 0 unspecified atom stereocenters. The van der Waals surface area contributed by atoms with Gasteiger partial charge in [-0.05, 0) is 39.3 Å². The van der Waals surface area contributed by atoms with E-state index < -0.39 is 0 Å². The lowest BCUT2D eigenvalue weighted by atomic mass is 10.1. The van der Waals surface area contributed by atoms with E-state index in [4.69, 9.17) is 4.74 Å². The number of hydrogen-bond acceptors (Lipinski definition) is 3. The molecule has 1 aromatic rings. The second-order valence-corrected chi connectivity index (χ2v) is 4.90. The van der Waals surface area contributed by atoms with E-state index in [1.54, 1.807) is 0 Å². The van der Waals surface area contributed by atoms with Crippen molar-refractivity contribution >= 4 is 0 Å². The minimum Gasteiger partial charge on any atom is -0.375 e. The summed E-state index contributed by atoms with van der Waals surface area (Å²) >= 11 is 0. The average molecular weight is 222 g/mol. The molecule has 0 bridgehead atoms. The minimum absolute atomic E-state index is 0.143. The Balaban J connectivity index is 2.45. The molecule has 1 N–H and O–H groups in total. The van der Waals surface area contributed by atoms with Crippen LogP contribution in [0.15, 0.2) is 18.3 Å². The van der Waals surface area contributed by atoms with Crippen molar-refractivity contribution in [1.82, 2.24) is 10.3 Å². The topological polar surface area (TPSA) is 34.1 Å². The number of hydrogen-bond donors (Lipinski definition) is 1. The molecule has 1 rings (SSSR count). The Labute approximate surface area is 98.2 Å². The van der Waals surface area contributed by atoms with Gasteiger partial charge in [-0.2, -0.15) is 0 Å². The lowest BCUT2D eigenvalue weighted by molar-refractivity contribution is 0.131. The zero-order valence-corrected chi connectivity index (χ0v) is 10.7. The standard InChI is InChI=1S/C13H22N2O/c1-5-16-10-12-7-6-11(8-14-12)9-15-13(2,3)4/h6-8,15H,5,9-10H2,1-4H3. The fourth-order valence-electron chi connectivity index (χ4n) is 1.22. The number of nitrogens with zero attached hydrogens (tertiary/aromatic N) is 1. The lowest BCUT2D eigenvalue weighted by Gasteiger charge is -2.20. The van der Waals surface area contributed by atoms with Crippen LogP contribution in [0.3, 0.4) is 0 Å². The number of rotatable bonds is 5. The fraction of sp³-hybridized carbons (Fsp3) is 0.615. The molecule has 0 aliphatic heterocycles. The van der Waals surface area contributed by atoms with E-state index in [1.165, 1.54) is 5.56 Å². The summed E-state index contributed by atoms with van der Waals surface area (Å²) in [6.45, 7) is 10.6.